The first-order chi connectivity index (χ1) is 29.4. The molecule has 0 radical (unpaired) electrons. The van der Waals surface area contributed by atoms with Gasteiger partial charge in [0.05, 0.1) is 0 Å². The Balaban J connectivity index is 0.828. The van der Waals surface area contributed by atoms with Crippen LogP contribution >= 0.6 is 0 Å². The predicted molar refractivity (Wildman–Crippen MR) is 228 cm³/mol. The number of hydrogen-bond donors (Lipinski definition) is 4. The third-order valence-corrected chi connectivity index (χ3v) is 11.6. The Bertz CT molecular complexity index is 2270. The smallest absolute Gasteiger partial charge is 0.408 e. The highest BCUT2D eigenvalue weighted by molar-refractivity contribution is 5.88. The monoisotopic (exact) mass is 796 g/mol. The molecule has 6 aromatic rings. The number of hydrogen-bond acceptors (Lipinski definition) is 6. The molecule has 60 heavy (non-hydrogen) atoms. The number of amides is 4. The van der Waals surface area contributed by atoms with Gasteiger partial charge in [-0.3, -0.25) is 9.59 Å². The average molecular weight is 797 g/mol. The molecule has 0 aliphatic heterocycles. The van der Waals surface area contributed by atoms with Crippen molar-refractivity contribution < 1.29 is 28.7 Å². The van der Waals surface area contributed by atoms with Crippen molar-refractivity contribution in [3.63, 3.8) is 0 Å². The maximum atomic E-state index is 13.8. The van der Waals surface area contributed by atoms with Gasteiger partial charge in [0.2, 0.25) is 11.8 Å². The molecule has 1 saturated carbocycles. The van der Waals surface area contributed by atoms with Crippen molar-refractivity contribution in [2.24, 2.45) is 0 Å². The van der Waals surface area contributed by atoms with Crippen molar-refractivity contribution in [2.45, 2.75) is 62.1 Å². The summed E-state index contributed by atoms with van der Waals surface area (Å²) >= 11 is 0. The lowest BCUT2D eigenvalue weighted by Crippen LogP contribution is -2.59. The van der Waals surface area contributed by atoms with Crippen LogP contribution in [0.1, 0.15) is 58.4 Å². The second kappa shape index (κ2) is 17.0. The quantitative estimate of drug-likeness (QED) is 0.0993. The molecule has 300 valence electrons. The van der Waals surface area contributed by atoms with Crippen LogP contribution in [-0.2, 0) is 31.9 Å². The highest BCUT2D eigenvalue weighted by Gasteiger charge is 2.37. The highest BCUT2D eigenvalue weighted by atomic mass is 16.6. The first-order valence-corrected chi connectivity index (χ1v) is 20.4. The minimum Gasteiger partial charge on any atom is -0.436 e. The van der Waals surface area contributed by atoms with E-state index in [0.29, 0.717) is 12.8 Å². The Kier molecular flexibility index (Phi) is 10.8. The fourth-order valence-electron chi connectivity index (χ4n) is 8.61. The number of ether oxygens (including phenoxy) is 2. The minimum atomic E-state index is -0.912. The Morgan fingerprint density at radius 3 is 1.07 bits per heavy atom. The fraction of sp³-hybridized carbons (Fsp3) is 0.200. The summed E-state index contributed by atoms with van der Waals surface area (Å²) in [4.78, 5) is 54.8. The molecule has 3 aliphatic carbocycles. The summed E-state index contributed by atoms with van der Waals surface area (Å²) in [5, 5.41) is 11.9. The number of alkyl carbamates (subject to hydrolysis) is 2. The van der Waals surface area contributed by atoms with Crippen molar-refractivity contribution in [3.8, 4) is 22.3 Å². The molecule has 9 rings (SSSR count). The number of carbonyl (C=O) groups excluding carboxylic acids is 4. The molecular formula is C50H44N4O6. The fourth-order valence-corrected chi connectivity index (χ4v) is 8.61. The van der Waals surface area contributed by atoms with Gasteiger partial charge in [0.15, 0.2) is 12.2 Å². The third-order valence-electron chi connectivity index (χ3n) is 11.6. The van der Waals surface area contributed by atoms with E-state index in [1.54, 1.807) is 0 Å². The lowest BCUT2D eigenvalue weighted by atomic mass is 9.86. The molecule has 0 heterocycles. The molecule has 0 bridgehead atoms. The second-order valence-corrected chi connectivity index (χ2v) is 15.6. The second-order valence-electron chi connectivity index (χ2n) is 15.6. The first-order valence-electron chi connectivity index (χ1n) is 20.4. The van der Waals surface area contributed by atoms with Crippen LogP contribution in [0.4, 0.5) is 9.59 Å². The molecule has 10 heteroatoms. The van der Waals surface area contributed by atoms with Crippen LogP contribution in [0.25, 0.3) is 22.3 Å². The Morgan fingerprint density at radius 1 is 0.433 bits per heavy atom. The molecule has 2 atom stereocenters. The van der Waals surface area contributed by atoms with Gasteiger partial charge in [-0.2, -0.15) is 0 Å². The van der Waals surface area contributed by atoms with Gasteiger partial charge in [-0.05, 0) is 46.2 Å². The zero-order chi connectivity index (χ0) is 41.0. The van der Waals surface area contributed by atoms with Gasteiger partial charge in [0, 0.05) is 47.2 Å². The molecule has 4 amide bonds. The van der Waals surface area contributed by atoms with Crippen molar-refractivity contribution in [1.29, 1.82) is 0 Å². The van der Waals surface area contributed by atoms with E-state index in [-0.39, 0.29) is 36.7 Å². The topological polar surface area (TPSA) is 135 Å². The molecule has 4 N–H and O–H groups in total. The number of fused-ring (bicyclic) bond motifs is 6. The van der Waals surface area contributed by atoms with Gasteiger partial charge in [-0.25, -0.2) is 9.59 Å². The van der Waals surface area contributed by atoms with E-state index in [0.717, 1.165) is 55.6 Å². The minimum absolute atomic E-state index is 0.236. The van der Waals surface area contributed by atoms with Crippen LogP contribution in [0.3, 0.4) is 0 Å². The summed E-state index contributed by atoms with van der Waals surface area (Å²) in [6, 6.07) is 48.1. The van der Waals surface area contributed by atoms with Crippen molar-refractivity contribution in [2.75, 3.05) is 0 Å². The summed E-state index contributed by atoms with van der Waals surface area (Å²) in [5.74, 6) is -0.696. The lowest BCUT2D eigenvalue weighted by Gasteiger charge is -2.37. The van der Waals surface area contributed by atoms with Gasteiger partial charge in [-0.15, -0.1) is 0 Å². The van der Waals surface area contributed by atoms with Gasteiger partial charge < -0.3 is 30.7 Å². The summed E-state index contributed by atoms with van der Waals surface area (Å²) < 4.78 is 12.1. The molecule has 0 spiro atoms. The molecule has 3 aliphatic rings. The maximum absolute atomic E-state index is 13.8. The number of benzene rings is 6. The normalized spacial score (nSPS) is 17.0. The Labute approximate surface area is 348 Å². The summed E-state index contributed by atoms with van der Waals surface area (Å²) in [6.07, 6.45) is -1.13. The summed E-state index contributed by atoms with van der Waals surface area (Å²) in [6.45, 7) is 0. The van der Waals surface area contributed by atoms with E-state index in [2.05, 4.69) is 21.3 Å². The van der Waals surface area contributed by atoms with Crippen molar-refractivity contribution >= 4 is 24.0 Å². The summed E-state index contributed by atoms with van der Waals surface area (Å²) in [5.41, 5.74) is 9.38. The van der Waals surface area contributed by atoms with E-state index in [9.17, 15) is 19.2 Å². The molecular weight excluding hydrogens is 753 g/mol. The highest BCUT2D eigenvalue weighted by Crippen LogP contribution is 2.46. The van der Waals surface area contributed by atoms with E-state index in [4.69, 9.17) is 9.47 Å². The Hall–Kier alpha value is -7.20. The number of nitrogens with one attached hydrogen (secondary N) is 4. The maximum Gasteiger partial charge on any atom is 0.408 e. The molecule has 6 aromatic carbocycles. The van der Waals surface area contributed by atoms with E-state index in [1.165, 1.54) is 0 Å². The van der Waals surface area contributed by atoms with Gasteiger partial charge in [-0.1, -0.05) is 158 Å². The van der Waals surface area contributed by atoms with Crippen LogP contribution in [0.5, 0.6) is 0 Å². The van der Waals surface area contributed by atoms with Crippen molar-refractivity contribution in [1.82, 2.24) is 21.3 Å². The first kappa shape index (κ1) is 38.3. The lowest BCUT2D eigenvalue weighted by molar-refractivity contribution is -0.125. The number of carbonyl (C=O) groups is 4. The number of rotatable bonds is 12. The van der Waals surface area contributed by atoms with Crippen molar-refractivity contribution in [3.05, 3.63) is 191 Å². The van der Waals surface area contributed by atoms with E-state index in [1.807, 2.05) is 158 Å². The van der Waals surface area contributed by atoms with Crippen LogP contribution < -0.4 is 21.3 Å². The summed E-state index contributed by atoms with van der Waals surface area (Å²) in [7, 11) is 0. The molecule has 10 nitrogen and oxygen atoms in total. The van der Waals surface area contributed by atoms with Crippen LogP contribution in [-0.4, -0.2) is 48.2 Å². The Morgan fingerprint density at radius 2 is 0.733 bits per heavy atom. The van der Waals surface area contributed by atoms with Gasteiger partial charge in [0.25, 0.3) is 0 Å². The van der Waals surface area contributed by atoms with E-state index < -0.39 is 36.5 Å². The molecule has 0 saturated heterocycles. The molecule has 0 aromatic heterocycles. The molecule has 0 unspecified atom stereocenters. The van der Waals surface area contributed by atoms with Gasteiger partial charge >= 0.3 is 12.2 Å². The van der Waals surface area contributed by atoms with E-state index >= 15 is 0 Å². The van der Waals surface area contributed by atoms with Gasteiger partial charge in [0.1, 0.15) is 12.1 Å². The zero-order valence-corrected chi connectivity index (χ0v) is 32.8. The average Bonchev–Trinajstić information content (AvgIpc) is 3.75. The van der Waals surface area contributed by atoms with Crippen LogP contribution in [0, 0.1) is 0 Å². The van der Waals surface area contributed by atoms with Crippen LogP contribution in [0.15, 0.2) is 158 Å². The standard InChI is InChI=1S/C50H44N4O6/c55-47(43(27-31-15-3-1-4-16-31)53-49(57)59-45-39-23-11-7-19-35(39)36-20-8-12-24-40(36)45)51-33-29-34(30-33)52-48(56)44(28-32-17-5-2-6-18-32)54-50(58)60-46-41-25-13-9-21-37(41)38-22-10-14-26-42(38)46/h1-26,33-34,43-46H,27-30H2,(H,51,55)(H,52,56)(H,53,57)(H,54,58)/t33?,34?,43-,44-/m0/s1. The SMILES string of the molecule is O=C(N[C@@H](Cc1ccccc1)C(=O)NC1CC(NC(=O)[C@H](Cc2ccccc2)NC(=O)OC2c3ccccc3-c3ccccc32)C1)OC1c2ccccc2-c2ccccc21. The zero-order valence-electron chi connectivity index (χ0n) is 32.8. The van der Waals surface area contributed by atoms with Crippen LogP contribution in [0.2, 0.25) is 0 Å². The largest absolute Gasteiger partial charge is 0.436 e. The predicted octanol–water partition coefficient (Wildman–Crippen LogP) is 7.96. The molecule has 1 fully saturated rings. The third kappa shape index (κ3) is 8.09.